The van der Waals surface area contributed by atoms with E-state index in [1.165, 1.54) is 63.4 Å². The minimum atomic E-state index is -0.108. The lowest BCUT2D eigenvalue weighted by atomic mass is 9.31. The molecular weight excluding hydrogens is 416 g/mol. The lowest BCUT2D eigenvalue weighted by molar-refractivity contribution is -0.253. The molecule has 0 amide bonds. The van der Waals surface area contributed by atoms with Gasteiger partial charge in [-0.05, 0) is 115 Å². The predicted molar refractivity (Wildman–Crippen MR) is 140 cm³/mol. The molecule has 192 valence electrons. The van der Waals surface area contributed by atoms with Gasteiger partial charge in [0.25, 0.3) is 0 Å². The van der Waals surface area contributed by atoms with Crippen LogP contribution in [0.4, 0.5) is 0 Å². The van der Waals surface area contributed by atoms with Crippen molar-refractivity contribution in [3.8, 4) is 0 Å². The van der Waals surface area contributed by atoms with E-state index in [0.717, 1.165) is 24.2 Å². The summed E-state index contributed by atoms with van der Waals surface area (Å²) in [6.07, 6.45) is 13.2. The van der Waals surface area contributed by atoms with Crippen LogP contribution in [0.25, 0.3) is 0 Å². The summed E-state index contributed by atoms with van der Waals surface area (Å²) < 4.78 is 5.91. The van der Waals surface area contributed by atoms with Crippen LogP contribution < -0.4 is 0 Å². The first-order chi connectivity index (χ1) is 15.7. The van der Waals surface area contributed by atoms with Crippen molar-refractivity contribution in [2.45, 2.75) is 126 Å². The Morgan fingerprint density at radius 2 is 1.56 bits per heavy atom. The number of fused-ring (bicyclic) bond motifs is 7. The van der Waals surface area contributed by atoms with Gasteiger partial charge >= 0.3 is 5.97 Å². The highest BCUT2D eigenvalue weighted by molar-refractivity contribution is 5.66. The first-order valence-electron chi connectivity index (χ1n) is 14.6. The van der Waals surface area contributed by atoms with Gasteiger partial charge in [-0.1, -0.05) is 60.6 Å². The van der Waals surface area contributed by atoms with Crippen molar-refractivity contribution in [2.24, 2.45) is 56.7 Å². The molecule has 5 rings (SSSR count). The summed E-state index contributed by atoms with van der Waals surface area (Å²) in [6.45, 7) is 24.2. The Labute approximate surface area is 210 Å². The van der Waals surface area contributed by atoms with Gasteiger partial charge in [-0.15, -0.1) is 0 Å². The Morgan fingerprint density at radius 1 is 0.853 bits per heavy atom. The fraction of sp³-hybridized carbons (Fsp3) is 0.906. The van der Waals surface area contributed by atoms with E-state index in [0.29, 0.717) is 33.5 Å². The van der Waals surface area contributed by atoms with E-state index in [2.05, 4.69) is 55.0 Å². The number of hydrogen-bond acceptors (Lipinski definition) is 2. The zero-order valence-corrected chi connectivity index (χ0v) is 23.6. The molecule has 5 aliphatic carbocycles. The lowest BCUT2D eigenvalue weighted by Crippen LogP contribution is -2.67. The summed E-state index contributed by atoms with van der Waals surface area (Å²) in [5.41, 5.74) is 3.28. The molecule has 0 aliphatic heterocycles. The molecule has 10 atom stereocenters. The van der Waals surface area contributed by atoms with E-state index in [9.17, 15) is 4.79 Å². The Morgan fingerprint density at radius 3 is 2.24 bits per heavy atom. The Bertz CT molecular complexity index is 872. The standard InChI is InChI=1S/C32H52O2/c1-20-12-15-29(6)18-19-31(8)23(27(29)21(20)2)10-11-25-30(7)16-14-26(34-22(3)33)28(4,5)24(30)13-17-32(25,31)9/h21,23-27H,1,10-19H2,2-9H3/t21?,23-,24-,25-,26?,27-,29+,30-,31+,32+/m0/s1. The topological polar surface area (TPSA) is 26.3 Å². The molecular formula is C32H52O2. The van der Waals surface area contributed by atoms with Crippen molar-refractivity contribution >= 4 is 5.97 Å². The second-order valence-electron chi connectivity index (χ2n) is 15.3. The van der Waals surface area contributed by atoms with E-state index >= 15 is 0 Å². The maximum atomic E-state index is 11.9. The van der Waals surface area contributed by atoms with E-state index in [4.69, 9.17) is 4.74 Å². The first kappa shape index (κ1) is 24.9. The number of carbonyl (C=O) groups is 1. The van der Waals surface area contributed by atoms with Crippen LogP contribution in [-0.4, -0.2) is 12.1 Å². The van der Waals surface area contributed by atoms with Gasteiger partial charge in [-0.25, -0.2) is 0 Å². The molecule has 5 aliphatic rings. The van der Waals surface area contributed by atoms with Gasteiger partial charge in [-0.2, -0.15) is 0 Å². The summed E-state index contributed by atoms with van der Waals surface area (Å²) in [4.78, 5) is 11.9. The first-order valence-corrected chi connectivity index (χ1v) is 14.6. The van der Waals surface area contributed by atoms with Crippen molar-refractivity contribution in [1.82, 2.24) is 0 Å². The fourth-order valence-corrected chi connectivity index (χ4v) is 11.8. The third kappa shape index (κ3) is 3.08. The van der Waals surface area contributed by atoms with Crippen LogP contribution in [0.5, 0.6) is 0 Å². The Kier molecular flexibility index (Phi) is 5.57. The number of allylic oxidation sites excluding steroid dienone is 1. The highest BCUT2D eigenvalue weighted by Gasteiger charge is 2.70. The number of esters is 1. The SMILES string of the molecule is C=C1CC[C@]2(C)CC[C@]3(C)[C@@H](CC[C@H]4[C@@]5(C)CCC(OC(C)=O)C(C)(C)[C@@H]5CC[C@]43C)[C@@H]2C1C. The molecule has 0 saturated heterocycles. The predicted octanol–water partition coefficient (Wildman–Crippen LogP) is 8.60. The van der Waals surface area contributed by atoms with Crippen LogP contribution in [0.2, 0.25) is 0 Å². The third-order valence-electron chi connectivity index (χ3n) is 13.8. The summed E-state index contributed by atoms with van der Waals surface area (Å²) in [6, 6.07) is 0. The Balaban J connectivity index is 1.50. The number of hydrogen-bond donors (Lipinski definition) is 0. The quantitative estimate of drug-likeness (QED) is 0.284. The van der Waals surface area contributed by atoms with E-state index in [1.807, 2.05) is 0 Å². The molecule has 0 N–H and O–H groups in total. The van der Waals surface area contributed by atoms with Crippen LogP contribution in [0.15, 0.2) is 12.2 Å². The van der Waals surface area contributed by atoms with Crippen molar-refractivity contribution in [1.29, 1.82) is 0 Å². The second kappa shape index (κ2) is 7.61. The molecule has 0 aromatic carbocycles. The fourth-order valence-electron chi connectivity index (χ4n) is 11.8. The average molecular weight is 469 g/mol. The van der Waals surface area contributed by atoms with E-state index < -0.39 is 0 Å². The van der Waals surface area contributed by atoms with E-state index in [-0.39, 0.29) is 17.5 Å². The zero-order valence-electron chi connectivity index (χ0n) is 23.6. The minimum absolute atomic E-state index is 0.0541. The van der Waals surface area contributed by atoms with Gasteiger partial charge in [0, 0.05) is 12.3 Å². The van der Waals surface area contributed by atoms with Gasteiger partial charge in [0.15, 0.2) is 0 Å². The van der Waals surface area contributed by atoms with Crippen LogP contribution in [-0.2, 0) is 9.53 Å². The molecule has 2 nitrogen and oxygen atoms in total. The summed E-state index contributed by atoms with van der Waals surface area (Å²) in [7, 11) is 0. The molecule has 5 saturated carbocycles. The van der Waals surface area contributed by atoms with Crippen LogP contribution in [0.3, 0.4) is 0 Å². The normalized spacial score (nSPS) is 54.2. The number of rotatable bonds is 1. The number of carbonyl (C=O) groups excluding carboxylic acids is 1. The van der Waals surface area contributed by atoms with Crippen LogP contribution >= 0.6 is 0 Å². The van der Waals surface area contributed by atoms with Crippen molar-refractivity contribution in [2.75, 3.05) is 0 Å². The largest absolute Gasteiger partial charge is 0.462 e. The molecule has 0 heterocycles. The highest BCUT2D eigenvalue weighted by atomic mass is 16.5. The molecule has 0 spiro atoms. The molecule has 0 bridgehead atoms. The molecule has 34 heavy (non-hydrogen) atoms. The Hall–Kier alpha value is -0.790. The van der Waals surface area contributed by atoms with Crippen LogP contribution in [0, 0.1) is 56.7 Å². The lowest BCUT2D eigenvalue weighted by Gasteiger charge is -2.73. The molecule has 2 heteroatoms. The smallest absolute Gasteiger partial charge is 0.302 e. The summed E-state index contributed by atoms with van der Waals surface area (Å²) in [5.74, 6) is 3.64. The third-order valence-corrected chi connectivity index (χ3v) is 13.8. The molecule has 0 radical (unpaired) electrons. The molecule has 2 unspecified atom stereocenters. The second-order valence-corrected chi connectivity index (χ2v) is 15.3. The molecule has 0 aromatic rings. The highest BCUT2D eigenvalue weighted by Crippen LogP contribution is 2.77. The van der Waals surface area contributed by atoms with Crippen molar-refractivity contribution < 1.29 is 9.53 Å². The van der Waals surface area contributed by atoms with E-state index in [1.54, 1.807) is 6.92 Å². The van der Waals surface area contributed by atoms with Gasteiger partial charge in [0.05, 0.1) is 0 Å². The maximum absolute atomic E-state index is 11.9. The maximum Gasteiger partial charge on any atom is 0.302 e. The van der Waals surface area contributed by atoms with Crippen LogP contribution in [0.1, 0.15) is 120 Å². The molecule has 5 fully saturated rings. The monoisotopic (exact) mass is 468 g/mol. The summed E-state index contributed by atoms with van der Waals surface area (Å²) in [5, 5.41) is 0. The van der Waals surface area contributed by atoms with Crippen molar-refractivity contribution in [3.63, 3.8) is 0 Å². The van der Waals surface area contributed by atoms with Gasteiger partial charge in [0.1, 0.15) is 6.10 Å². The van der Waals surface area contributed by atoms with Gasteiger partial charge < -0.3 is 4.74 Å². The summed E-state index contributed by atoms with van der Waals surface area (Å²) >= 11 is 0. The van der Waals surface area contributed by atoms with Gasteiger partial charge in [0.2, 0.25) is 0 Å². The van der Waals surface area contributed by atoms with Crippen molar-refractivity contribution in [3.05, 3.63) is 12.2 Å². The zero-order chi connectivity index (χ0) is 24.9. The number of ether oxygens (including phenoxy) is 1. The molecule has 0 aromatic heterocycles. The average Bonchev–Trinajstić information content (AvgIpc) is 2.74. The minimum Gasteiger partial charge on any atom is -0.462 e. The van der Waals surface area contributed by atoms with Gasteiger partial charge in [-0.3, -0.25) is 4.79 Å².